The van der Waals surface area contributed by atoms with Gasteiger partial charge in [0.1, 0.15) is 0 Å². The fraction of sp³-hybridized carbons (Fsp3) is 0.938. The van der Waals surface area contributed by atoms with E-state index in [0.29, 0.717) is 25.3 Å². The van der Waals surface area contributed by atoms with Crippen molar-refractivity contribution in [3.63, 3.8) is 0 Å². The summed E-state index contributed by atoms with van der Waals surface area (Å²) in [5, 5.41) is 6.67. The molecule has 2 fully saturated rings. The van der Waals surface area contributed by atoms with Crippen molar-refractivity contribution >= 4 is 5.91 Å². The zero-order valence-corrected chi connectivity index (χ0v) is 13.7. The average molecular weight is 297 g/mol. The molecule has 2 N–H and O–H groups in total. The van der Waals surface area contributed by atoms with Crippen LogP contribution in [0.4, 0.5) is 0 Å². The Hall–Kier alpha value is -0.650. The van der Waals surface area contributed by atoms with E-state index < -0.39 is 0 Å². The lowest BCUT2D eigenvalue weighted by Gasteiger charge is -2.35. The molecule has 5 nitrogen and oxygen atoms in total. The summed E-state index contributed by atoms with van der Waals surface area (Å²) in [6.45, 7) is 10.9. The Morgan fingerprint density at radius 2 is 2.00 bits per heavy atom. The van der Waals surface area contributed by atoms with E-state index in [1.165, 1.54) is 0 Å². The van der Waals surface area contributed by atoms with Crippen LogP contribution >= 0.6 is 0 Å². The van der Waals surface area contributed by atoms with E-state index in [1.807, 2.05) is 0 Å². The number of rotatable bonds is 6. The van der Waals surface area contributed by atoms with E-state index in [2.05, 4.69) is 36.3 Å². The number of hydrogen-bond donors (Lipinski definition) is 2. The van der Waals surface area contributed by atoms with Crippen molar-refractivity contribution in [3.8, 4) is 0 Å². The van der Waals surface area contributed by atoms with Crippen LogP contribution < -0.4 is 10.6 Å². The van der Waals surface area contributed by atoms with Gasteiger partial charge in [-0.15, -0.1) is 0 Å². The highest BCUT2D eigenvalue weighted by Gasteiger charge is 2.34. The Bertz CT molecular complexity index is 327. The molecule has 2 aliphatic heterocycles. The fourth-order valence-corrected chi connectivity index (χ4v) is 3.21. The zero-order valence-electron chi connectivity index (χ0n) is 13.7. The van der Waals surface area contributed by atoms with Gasteiger partial charge in [0, 0.05) is 31.2 Å². The number of hydrogen-bond acceptors (Lipinski definition) is 4. The van der Waals surface area contributed by atoms with E-state index in [0.717, 1.165) is 38.9 Å². The fourth-order valence-electron chi connectivity index (χ4n) is 3.21. The summed E-state index contributed by atoms with van der Waals surface area (Å²) in [4.78, 5) is 14.9. The lowest BCUT2D eigenvalue weighted by Crippen LogP contribution is -2.50. The second-order valence-corrected chi connectivity index (χ2v) is 6.62. The molecule has 2 aliphatic rings. The zero-order chi connectivity index (χ0) is 15.2. The first-order valence-corrected chi connectivity index (χ1v) is 8.47. The maximum absolute atomic E-state index is 12.5. The molecular weight excluding hydrogens is 266 g/mol. The van der Waals surface area contributed by atoms with Gasteiger partial charge in [0.05, 0.1) is 19.1 Å². The third-order valence-corrected chi connectivity index (χ3v) is 4.68. The van der Waals surface area contributed by atoms with Gasteiger partial charge in [0.15, 0.2) is 0 Å². The number of nitrogens with one attached hydrogen (secondary N) is 2. The Morgan fingerprint density at radius 1 is 1.29 bits per heavy atom. The number of piperidine rings is 1. The molecule has 0 bridgehead atoms. The number of likely N-dealkylation sites (tertiary alicyclic amines) is 1. The van der Waals surface area contributed by atoms with E-state index >= 15 is 0 Å². The molecule has 0 aromatic carbocycles. The molecular formula is C16H31N3O2. The molecule has 2 heterocycles. The van der Waals surface area contributed by atoms with Crippen molar-refractivity contribution < 1.29 is 9.53 Å². The summed E-state index contributed by atoms with van der Waals surface area (Å²) in [5.74, 6) is 0.142. The van der Waals surface area contributed by atoms with Crippen molar-refractivity contribution in [2.24, 2.45) is 5.92 Å². The molecule has 2 atom stereocenters. The normalized spacial score (nSPS) is 28.2. The van der Waals surface area contributed by atoms with Crippen molar-refractivity contribution in [3.05, 3.63) is 0 Å². The Kier molecular flexibility index (Phi) is 6.45. The number of nitrogens with zero attached hydrogens (tertiary/aromatic N) is 1. The van der Waals surface area contributed by atoms with Crippen LogP contribution in [0.2, 0.25) is 0 Å². The molecule has 0 radical (unpaired) electrons. The molecule has 5 heteroatoms. The lowest BCUT2D eigenvalue weighted by molar-refractivity contribution is -0.126. The summed E-state index contributed by atoms with van der Waals surface area (Å²) in [5.41, 5.74) is 0. The number of amides is 1. The maximum atomic E-state index is 12.5. The summed E-state index contributed by atoms with van der Waals surface area (Å²) < 4.78 is 5.49. The number of carbonyl (C=O) groups is 1. The van der Waals surface area contributed by atoms with Gasteiger partial charge in [-0.3, -0.25) is 4.79 Å². The number of ether oxygens (including phenoxy) is 1. The molecule has 2 unspecified atom stereocenters. The Balaban J connectivity index is 1.76. The average Bonchev–Trinajstić information content (AvgIpc) is 2.94. The van der Waals surface area contributed by atoms with Crippen LogP contribution in [0.3, 0.4) is 0 Å². The van der Waals surface area contributed by atoms with E-state index in [4.69, 9.17) is 4.74 Å². The molecule has 0 saturated carbocycles. The quantitative estimate of drug-likeness (QED) is 0.768. The Labute approximate surface area is 128 Å². The third-order valence-electron chi connectivity index (χ3n) is 4.68. The first-order valence-electron chi connectivity index (χ1n) is 8.47. The van der Waals surface area contributed by atoms with Crippen LogP contribution in [-0.2, 0) is 9.53 Å². The van der Waals surface area contributed by atoms with Gasteiger partial charge in [-0.05, 0) is 39.7 Å². The monoisotopic (exact) mass is 297 g/mol. The second-order valence-electron chi connectivity index (χ2n) is 6.62. The highest BCUT2D eigenvalue weighted by molar-refractivity contribution is 5.80. The minimum Gasteiger partial charge on any atom is -0.379 e. The van der Waals surface area contributed by atoms with Gasteiger partial charge in [-0.2, -0.15) is 0 Å². The first-order chi connectivity index (χ1) is 10.1. The van der Waals surface area contributed by atoms with Crippen LogP contribution in [0.25, 0.3) is 0 Å². The van der Waals surface area contributed by atoms with Crippen LogP contribution in [0.1, 0.15) is 40.0 Å². The summed E-state index contributed by atoms with van der Waals surface area (Å²) >= 11 is 0. The van der Waals surface area contributed by atoms with Crippen LogP contribution in [-0.4, -0.2) is 61.8 Å². The van der Waals surface area contributed by atoms with Crippen molar-refractivity contribution in [2.45, 2.75) is 58.2 Å². The van der Waals surface area contributed by atoms with Crippen LogP contribution in [0.15, 0.2) is 0 Å². The van der Waals surface area contributed by atoms with Gasteiger partial charge in [0.2, 0.25) is 5.91 Å². The van der Waals surface area contributed by atoms with Crippen LogP contribution in [0, 0.1) is 5.92 Å². The van der Waals surface area contributed by atoms with Gasteiger partial charge < -0.3 is 20.3 Å². The molecule has 0 spiro atoms. The summed E-state index contributed by atoms with van der Waals surface area (Å²) in [6, 6.07) is 1.12. The molecule has 122 valence electrons. The molecule has 0 aromatic rings. The predicted molar refractivity (Wildman–Crippen MR) is 84.3 cm³/mol. The van der Waals surface area contributed by atoms with Gasteiger partial charge >= 0.3 is 0 Å². The molecule has 2 saturated heterocycles. The van der Waals surface area contributed by atoms with E-state index in [-0.39, 0.29) is 17.9 Å². The minimum atomic E-state index is -0.0281. The lowest BCUT2D eigenvalue weighted by atomic mass is 9.99. The molecule has 1 amide bonds. The maximum Gasteiger partial charge on any atom is 0.227 e. The molecule has 0 aliphatic carbocycles. The minimum absolute atomic E-state index is 0.0281. The van der Waals surface area contributed by atoms with Gasteiger partial charge in [-0.25, -0.2) is 0 Å². The van der Waals surface area contributed by atoms with E-state index in [9.17, 15) is 4.79 Å². The summed E-state index contributed by atoms with van der Waals surface area (Å²) in [6.07, 6.45) is 3.20. The van der Waals surface area contributed by atoms with Gasteiger partial charge in [0.25, 0.3) is 0 Å². The predicted octanol–water partition coefficient (Wildman–Crippen LogP) is 0.990. The highest BCUT2D eigenvalue weighted by atomic mass is 16.5. The SMILES string of the molecule is CCCNC1COCC1C(=O)NC1CCN(C(C)C)CC1. The van der Waals surface area contributed by atoms with Crippen molar-refractivity contribution in [1.29, 1.82) is 0 Å². The summed E-state index contributed by atoms with van der Waals surface area (Å²) in [7, 11) is 0. The first kappa shape index (κ1) is 16.7. The highest BCUT2D eigenvalue weighted by Crippen LogP contribution is 2.17. The molecule has 21 heavy (non-hydrogen) atoms. The standard InChI is InChI=1S/C16H31N3O2/c1-4-7-17-15-11-21-10-14(15)16(20)18-13-5-8-19(9-6-13)12(2)3/h12-15,17H,4-11H2,1-3H3,(H,18,20). The third kappa shape index (κ3) is 4.66. The Morgan fingerprint density at radius 3 is 2.62 bits per heavy atom. The van der Waals surface area contributed by atoms with E-state index in [1.54, 1.807) is 0 Å². The van der Waals surface area contributed by atoms with Gasteiger partial charge in [-0.1, -0.05) is 6.92 Å². The molecule has 2 rings (SSSR count). The molecule has 0 aromatic heterocycles. The smallest absolute Gasteiger partial charge is 0.227 e. The number of carbonyl (C=O) groups excluding carboxylic acids is 1. The largest absolute Gasteiger partial charge is 0.379 e. The second kappa shape index (κ2) is 8.11. The van der Waals surface area contributed by atoms with Crippen molar-refractivity contribution in [1.82, 2.24) is 15.5 Å². The van der Waals surface area contributed by atoms with Crippen molar-refractivity contribution in [2.75, 3.05) is 32.8 Å². The van der Waals surface area contributed by atoms with Crippen LogP contribution in [0.5, 0.6) is 0 Å². The topological polar surface area (TPSA) is 53.6 Å².